The van der Waals surface area contributed by atoms with Crippen LogP contribution in [0.4, 0.5) is 15.1 Å². The van der Waals surface area contributed by atoms with Crippen molar-refractivity contribution in [2.24, 2.45) is 5.41 Å². The van der Waals surface area contributed by atoms with Crippen LogP contribution in [0.2, 0.25) is 5.02 Å². The monoisotopic (exact) mass is 421 g/mol. The molecule has 1 aromatic carbocycles. The minimum Gasteiger partial charge on any atom is -0.373 e. The summed E-state index contributed by atoms with van der Waals surface area (Å²) < 4.78 is 24.6. The molecule has 1 N–H and O–H groups in total. The van der Waals surface area contributed by atoms with Crippen LogP contribution >= 0.6 is 11.6 Å². The second-order valence-corrected chi connectivity index (χ2v) is 8.73. The van der Waals surface area contributed by atoms with Crippen LogP contribution in [0.15, 0.2) is 22.7 Å². The van der Waals surface area contributed by atoms with Gasteiger partial charge >= 0.3 is 6.03 Å². The number of amides is 2. The van der Waals surface area contributed by atoms with Gasteiger partial charge in [-0.05, 0) is 62.6 Å². The summed E-state index contributed by atoms with van der Waals surface area (Å²) >= 11 is 5.97. The lowest BCUT2D eigenvalue weighted by Gasteiger charge is -2.58. The molecular weight excluding hydrogens is 397 g/mol. The van der Waals surface area contributed by atoms with E-state index >= 15 is 0 Å². The molecule has 1 aliphatic heterocycles. The fourth-order valence-electron chi connectivity index (χ4n) is 4.65. The fraction of sp³-hybridized carbons (Fsp3) is 0.524. The molecule has 0 bridgehead atoms. The maximum atomic E-state index is 13.5. The summed E-state index contributed by atoms with van der Waals surface area (Å²) in [5, 5.41) is 6.80. The molecule has 1 spiro atoms. The molecule has 1 aliphatic carbocycles. The molecule has 1 saturated carbocycles. The third-order valence-corrected chi connectivity index (χ3v) is 6.94. The summed E-state index contributed by atoms with van der Waals surface area (Å²) in [6.45, 7) is 5.04. The summed E-state index contributed by atoms with van der Waals surface area (Å²) in [5.41, 5.74) is 2.22. The summed E-state index contributed by atoms with van der Waals surface area (Å²) in [4.78, 5) is 14.4. The first-order chi connectivity index (χ1) is 13.8. The molecular formula is C21H25ClFN3O3. The van der Waals surface area contributed by atoms with Crippen LogP contribution in [0.1, 0.15) is 42.5 Å². The molecule has 0 unspecified atom stereocenters. The maximum absolute atomic E-state index is 13.5. The number of rotatable bonds is 3. The van der Waals surface area contributed by atoms with Gasteiger partial charge in [0.25, 0.3) is 0 Å². The minimum atomic E-state index is -0.434. The molecule has 0 radical (unpaired) electrons. The zero-order valence-electron chi connectivity index (χ0n) is 16.8. The summed E-state index contributed by atoms with van der Waals surface area (Å²) in [6, 6.07) is 4.64. The van der Waals surface area contributed by atoms with Gasteiger partial charge in [-0.1, -0.05) is 22.8 Å². The third kappa shape index (κ3) is 3.51. The molecule has 2 aromatic rings. The van der Waals surface area contributed by atoms with E-state index in [1.807, 2.05) is 18.7 Å². The Labute approximate surface area is 174 Å². The van der Waals surface area contributed by atoms with E-state index in [4.69, 9.17) is 20.9 Å². The van der Waals surface area contributed by atoms with Crippen LogP contribution in [0.25, 0.3) is 0 Å². The van der Waals surface area contributed by atoms with E-state index in [0.29, 0.717) is 19.0 Å². The van der Waals surface area contributed by atoms with E-state index < -0.39 is 11.4 Å². The Kier molecular flexibility index (Phi) is 5.07. The molecule has 1 aromatic heterocycles. The van der Waals surface area contributed by atoms with E-state index in [9.17, 15) is 9.18 Å². The first-order valence-corrected chi connectivity index (χ1v) is 10.1. The lowest BCUT2D eigenvalue weighted by Crippen LogP contribution is -2.56. The fourth-order valence-corrected chi connectivity index (χ4v) is 4.83. The number of halogens is 2. The average Bonchev–Trinajstić information content (AvgIpc) is 3.00. The topological polar surface area (TPSA) is 67.6 Å². The van der Waals surface area contributed by atoms with E-state index in [1.165, 1.54) is 6.07 Å². The predicted molar refractivity (Wildman–Crippen MR) is 108 cm³/mol. The van der Waals surface area contributed by atoms with Crippen molar-refractivity contribution in [1.29, 1.82) is 0 Å². The Morgan fingerprint density at radius 3 is 2.55 bits per heavy atom. The number of urea groups is 1. The van der Waals surface area contributed by atoms with Gasteiger partial charge in [-0.25, -0.2) is 9.18 Å². The van der Waals surface area contributed by atoms with Crippen molar-refractivity contribution in [2.75, 3.05) is 25.5 Å². The number of carbonyl (C=O) groups is 1. The van der Waals surface area contributed by atoms with Gasteiger partial charge in [0.1, 0.15) is 5.82 Å². The summed E-state index contributed by atoms with van der Waals surface area (Å²) in [7, 11) is 1.69. The largest absolute Gasteiger partial charge is 0.373 e. The predicted octanol–water partition coefficient (Wildman–Crippen LogP) is 5.03. The molecule has 2 fully saturated rings. The molecule has 4 rings (SSSR count). The van der Waals surface area contributed by atoms with Gasteiger partial charge in [-0.2, -0.15) is 0 Å². The molecule has 1 saturated heterocycles. The first-order valence-electron chi connectivity index (χ1n) is 9.77. The number of piperidine rings is 1. The number of ether oxygens (including phenoxy) is 1. The van der Waals surface area contributed by atoms with E-state index in [1.54, 1.807) is 19.2 Å². The highest BCUT2D eigenvalue weighted by molar-refractivity contribution is 6.30. The highest BCUT2D eigenvalue weighted by Gasteiger charge is 2.56. The zero-order valence-corrected chi connectivity index (χ0v) is 17.6. The van der Waals surface area contributed by atoms with E-state index in [2.05, 4.69) is 10.5 Å². The van der Waals surface area contributed by atoms with Crippen molar-refractivity contribution in [1.82, 2.24) is 10.1 Å². The van der Waals surface area contributed by atoms with E-state index in [0.717, 1.165) is 42.5 Å². The van der Waals surface area contributed by atoms with Gasteiger partial charge in [0.05, 0.1) is 16.3 Å². The van der Waals surface area contributed by atoms with Crippen molar-refractivity contribution < 1.29 is 18.4 Å². The lowest BCUT2D eigenvalue weighted by molar-refractivity contribution is -0.173. The van der Waals surface area contributed by atoms with Gasteiger partial charge in [0.2, 0.25) is 5.88 Å². The number of aryl methyl sites for hydroxylation is 1. The number of nitrogens with zero attached hydrogens (tertiary/aromatic N) is 2. The van der Waals surface area contributed by atoms with Gasteiger partial charge in [-0.15, -0.1) is 0 Å². The molecule has 2 aliphatic rings. The second kappa shape index (κ2) is 7.29. The zero-order chi connectivity index (χ0) is 20.8. The van der Waals surface area contributed by atoms with Crippen molar-refractivity contribution >= 4 is 23.5 Å². The second-order valence-electron chi connectivity index (χ2n) is 8.32. The number of benzene rings is 1. The highest BCUT2D eigenvalue weighted by Crippen LogP contribution is 2.61. The smallest absolute Gasteiger partial charge is 0.324 e. The number of methoxy groups -OCH3 is 1. The van der Waals surface area contributed by atoms with Gasteiger partial charge in [0, 0.05) is 25.8 Å². The van der Waals surface area contributed by atoms with Crippen molar-refractivity contribution in [3.05, 3.63) is 45.9 Å². The number of carbonyl (C=O) groups excluding carboxylic acids is 1. The van der Waals surface area contributed by atoms with Gasteiger partial charge in [-0.3, -0.25) is 5.32 Å². The number of hydrogen-bond donors (Lipinski definition) is 1. The number of anilines is 1. The Morgan fingerprint density at radius 1 is 1.31 bits per heavy atom. The quantitative estimate of drug-likeness (QED) is 0.754. The van der Waals surface area contributed by atoms with Gasteiger partial charge in [0.15, 0.2) is 0 Å². The number of likely N-dealkylation sites (tertiary alicyclic amines) is 1. The maximum Gasteiger partial charge on any atom is 0.324 e. The SMILES string of the molecule is COC1(c2ccc(F)c(Cl)c2)CC2(CCN(C(=O)Nc3onc(C)c3C)CC2)C1. The van der Waals surface area contributed by atoms with Crippen molar-refractivity contribution in [2.45, 2.75) is 45.1 Å². The molecule has 29 heavy (non-hydrogen) atoms. The van der Waals surface area contributed by atoms with Crippen LogP contribution in [-0.4, -0.2) is 36.3 Å². The van der Waals surface area contributed by atoms with Crippen LogP contribution in [-0.2, 0) is 10.3 Å². The standard InChI is InChI=1S/C21H25ClFN3O3/c1-13-14(2)25-29-18(13)24-19(27)26-8-6-20(7-9-26)11-21(12-20,28-3)15-4-5-17(23)16(22)10-15/h4-5,10H,6-9,11-12H2,1-3H3,(H,24,27). The number of aromatic nitrogens is 1. The van der Waals surface area contributed by atoms with E-state index in [-0.39, 0.29) is 16.5 Å². The molecule has 2 amide bonds. The molecule has 156 valence electrons. The van der Waals surface area contributed by atoms with Crippen LogP contribution in [0.3, 0.4) is 0 Å². The van der Waals surface area contributed by atoms with Crippen molar-refractivity contribution in [3.8, 4) is 0 Å². The summed E-state index contributed by atoms with van der Waals surface area (Å²) in [6.07, 6.45) is 3.48. The lowest BCUT2D eigenvalue weighted by atomic mass is 9.53. The Balaban J connectivity index is 1.38. The third-order valence-electron chi connectivity index (χ3n) is 6.65. The molecule has 6 nitrogen and oxygen atoms in total. The Hall–Kier alpha value is -2.12. The van der Waals surface area contributed by atoms with Gasteiger partial charge < -0.3 is 14.2 Å². The summed E-state index contributed by atoms with van der Waals surface area (Å²) in [5.74, 6) is -0.0183. The normalized spacial score (nSPS) is 19.8. The minimum absolute atomic E-state index is 0.115. The first kappa shape index (κ1) is 20.2. The molecule has 2 heterocycles. The van der Waals surface area contributed by atoms with Crippen LogP contribution in [0.5, 0.6) is 0 Å². The number of hydrogen-bond acceptors (Lipinski definition) is 4. The van der Waals surface area contributed by atoms with Crippen molar-refractivity contribution in [3.63, 3.8) is 0 Å². The number of nitrogens with one attached hydrogen (secondary N) is 1. The van der Waals surface area contributed by atoms with Crippen LogP contribution in [0, 0.1) is 25.1 Å². The molecule has 8 heteroatoms. The van der Waals surface area contributed by atoms with Crippen LogP contribution < -0.4 is 5.32 Å². The molecule has 0 atom stereocenters. The Bertz CT molecular complexity index is 929. The average molecular weight is 422 g/mol. The highest BCUT2D eigenvalue weighted by atomic mass is 35.5. The Morgan fingerprint density at radius 2 is 2.00 bits per heavy atom.